The van der Waals surface area contributed by atoms with E-state index in [9.17, 15) is 0 Å². The number of halogens is 2. The van der Waals surface area contributed by atoms with Crippen molar-refractivity contribution >= 4 is 34.5 Å². The molecule has 1 atom stereocenters. The van der Waals surface area contributed by atoms with Crippen LogP contribution in [0.1, 0.15) is 35.5 Å². The molecule has 0 saturated carbocycles. The highest BCUT2D eigenvalue weighted by atomic mass is 35.5. The molecule has 0 spiro atoms. The maximum absolute atomic E-state index is 6.13. The van der Waals surface area contributed by atoms with Gasteiger partial charge in [0.1, 0.15) is 5.76 Å². The van der Waals surface area contributed by atoms with E-state index in [1.54, 1.807) is 0 Å². The van der Waals surface area contributed by atoms with Gasteiger partial charge in [-0.15, -0.1) is 11.3 Å². The fourth-order valence-electron chi connectivity index (χ4n) is 1.77. The van der Waals surface area contributed by atoms with E-state index in [2.05, 4.69) is 17.4 Å². The lowest BCUT2D eigenvalue weighted by molar-refractivity contribution is 0.391. The Balaban J connectivity index is 2.05. The molecule has 0 amide bonds. The smallest absolute Gasteiger partial charge is 0.138 e. The fraction of sp³-hybridized carbons (Fsp3) is 0.417. The van der Waals surface area contributed by atoms with Gasteiger partial charge >= 0.3 is 0 Å². The summed E-state index contributed by atoms with van der Waals surface area (Å²) in [4.78, 5) is 0. The van der Waals surface area contributed by atoms with Crippen LogP contribution < -0.4 is 5.32 Å². The van der Waals surface area contributed by atoms with E-state index in [4.69, 9.17) is 27.7 Å². The van der Waals surface area contributed by atoms with E-state index in [-0.39, 0.29) is 6.04 Å². The molecule has 0 aliphatic carbocycles. The van der Waals surface area contributed by atoms with E-state index in [0.717, 1.165) is 26.9 Å². The van der Waals surface area contributed by atoms with Gasteiger partial charge in [0.25, 0.3) is 0 Å². The van der Waals surface area contributed by atoms with Gasteiger partial charge in [0.05, 0.1) is 14.4 Å². The van der Waals surface area contributed by atoms with Gasteiger partial charge in [-0.2, -0.15) is 0 Å². The topological polar surface area (TPSA) is 38.1 Å². The summed E-state index contributed by atoms with van der Waals surface area (Å²) in [5.41, 5.74) is 3.04. The lowest BCUT2D eigenvalue weighted by Crippen LogP contribution is -2.18. The van der Waals surface area contributed by atoms with Crippen LogP contribution in [0.25, 0.3) is 0 Å². The highest BCUT2D eigenvalue weighted by molar-refractivity contribution is 7.20. The molecule has 0 aromatic carbocycles. The number of hydrogen-bond donors (Lipinski definition) is 1. The minimum absolute atomic E-state index is 0.134. The molecule has 6 heteroatoms. The Labute approximate surface area is 120 Å². The Morgan fingerprint density at radius 1 is 1.44 bits per heavy atom. The summed E-state index contributed by atoms with van der Waals surface area (Å²) < 4.78 is 6.57. The minimum atomic E-state index is 0.134. The molecule has 2 aromatic heterocycles. The molecule has 0 fully saturated rings. The number of thiophene rings is 1. The Morgan fingerprint density at radius 3 is 2.67 bits per heavy atom. The monoisotopic (exact) mass is 304 g/mol. The molecule has 2 heterocycles. The first-order valence-electron chi connectivity index (χ1n) is 5.59. The van der Waals surface area contributed by atoms with Crippen LogP contribution >= 0.6 is 34.5 Å². The molecular formula is C12H14Cl2N2OS. The van der Waals surface area contributed by atoms with Gasteiger partial charge < -0.3 is 9.84 Å². The molecule has 1 N–H and O–H groups in total. The number of hydrogen-bond acceptors (Lipinski definition) is 4. The van der Waals surface area contributed by atoms with Gasteiger partial charge in [0, 0.05) is 18.2 Å². The lowest BCUT2D eigenvalue weighted by atomic mass is 10.1. The van der Waals surface area contributed by atoms with E-state index in [1.165, 1.54) is 11.3 Å². The average Bonchev–Trinajstić information content (AvgIpc) is 2.80. The molecule has 0 aliphatic rings. The summed E-state index contributed by atoms with van der Waals surface area (Å²) in [6.45, 7) is 6.61. The van der Waals surface area contributed by atoms with Crippen molar-refractivity contribution in [2.45, 2.75) is 33.4 Å². The molecule has 3 nitrogen and oxygen atoms in total. The van der Waals surface area contributed by atoms with Crippen molar-refractivity contribution < 1.29 is 4.52 Å². The third kappa shape index (κ3) is 2.88. The predicted molar refractivity (Wildman–Crippen MR) is 75.6 cm³/mol. The first kappa shape index (κ1) is 13.9. The Bertz CT molecular complexity index is 531. The standard InChI is InChI=1S/C12H14Cl2N2OS/c1-6(9-4-11(13)18-12(9)14)15-5-10-7(2)16-17-8(10)3/h4,6,15H,5H2,1-3H3. The van der Waals surface area contributed by atoms with Gasteiger partial charge in [0.15, 0.2) is 0 Å². The van der Waals surface area contributed by atoms with Crippen molar-refractivity contribution in [3.63, 3.8) is 0 Å². The fourth-order valence-corrected chi connectivity index (χ4v) is 3.41. The third-order valence-electron chi connectivity index (χ3n) is 2.92. The van der Waals surface area contributed by atoms with E-state index in [0.29, 0.717) is 10.9 Å². The average molecular weight is 305 g/mol. The second-order valence-corrected chi connectivity index (χ2v) is 6.47. The number of rotatable bonds is 4. The van der Waals surface area contributed by atoms with Gasteiger partial charge in [0.2, 0.25) is 0 Å². The van der Waals surface area contributed by atoms with Crippen LogP contribution in [0, 0.1) is 13.8 Å². The van der Waals surface area contributed by atoms with Crippen LogP contribution in [0.3, 0.4) is 0 Å². The molecule has 0 aliphatic heterocycles. The number of aromatic nitrogens is 1. The maximum Gasteiger partial charge on any atom is 0.138 e. The van der Waals surface area contributed by atoms with E-state index >= 15 is 0 Å². The van der Waals surface area contributed by atoms with Crippen LogP contribution in [0.15, 0.2) is 10.6 Å². The quantitative estimate of drug-likeness (QED) is 0.903. The highest BCUT2D eigenvalue weighted by Gasteiger charge is 2.15. The van der Waals surface area contributed by atoms with Crippen LogP contribution in [0.5, 0.6) is 0 Å². The maximum atomic E-state index is 6.13. The number of nitrogens with zero attached hydrogens (tertiary/aromatic N) is 1. The van der Waals surface area contributed by atoms with E-state index in [1.807, 2.05) is 19.9 Å². The Morgan fingerprint density at radius 2 is 2.17 bits per heavy atom. The molecule has 1 unspecified atom stereocenters. The van der Waals surface area contributed by atoms with Crippen LogP contribution in [-0.4, -0.2) is 5.16 Å². The zero-order chi connectivity index (χ0) is 13.3. The van der Waals surface area contributed by atoms with Crippen molar-refractivity contribution in [2.75, 3.05) is 0 Å². The SMILES string of the molecule is Cc1noc(C)c1CNC(C)c1cc(Cl)sc1Cl. The van der Waals surface area contributed by atoms with Crippen molar-refractivity contribution in [2.24, 2.45) is 0 Å². The molecule has 2 aromatic rings. The molecule has 0 radical (unpaired) electrons. The first-order chi connectivity index (χ1) is 8.49. The third-order valence-corrected chi connectivity index (χ3v) is 4.43. The van der Waals surface area contributed by atoms with Crippen molar-refractivity contribution in [1.29, 1.82) is 0 Å². The van der Waals surface area contributed by atoms with Crippen LogP contribution in [0.2, 0.25) is 8.67 Å². The molecule has 18 heavy (non-hydrogen) atoms. The molecule has 98 valence electrons. The lowest BCUT2D eigenvalue weighted by Gasteiger charge is -2.12. The van der Waals surface area contributed by atoms with Crippen molar-refractivity contribution in [3.8, 4) is 0 Å². The summed E-state index contributed by atoms with van der Waals surface area (Å²) in [6, 6.07) is 2.04. The minimum Gasteiger partial charge on any atom is -0.361 e. The zero-order valence-electron chi connectivity index (χ0n) is 10.4. The van der Waals surface area contributed by atoms with Gasteiger partial charge in [-0.05, 0) is 32.4 Å². The second kappa shape index (κ2) is 5.61. The van der Waals surface area contributed by atoms with Crippen molar-refractivity contribution in [3.05, 3.63) is 37.3 Å². The van der Waals surface area contributed by atoms with Gasteiger partial charge in [-0.3, -0.25) is 0 Å². The Kier molecular flexibility index (Phi) is 4.33. The summed E-state index contributed by atoms with van der Waals surface area (Å²) in [5, 5.41) is 7.33. The summed E-state index contributed by atoms with van der Waals surface area (Å²) in [7, 11) is 0. The zero-order valence-corrected chi connectivity index (χ0v) is 12.7. The highest BCUT2D eigenvalue weighted by Crippen LogP contribution is 2.34. The largest absolute Gasteiger partial charge is 0.361 e. The molecule has 2 rings (SSSR count). The van der Waals surface area contributed by atoms with Gasteiger partial charge in [-0.1, -0.05) is 28.4 Å². The molecule has 0 bridgehead atoms. The molecule has 0 saturated heterocycles. The van der Waals surface area contributed by atoms with E-state index < -0.39 is 0 Å². The Hall–Kier alpha value is -0.550. The molecular weight excluding hydrogens is 291 g/mol. The first-order valence-corrected chi connectivity index (χ1v) is 7.16. The van der Waals surface area contributed by atoms with Crippen LogP contribution in [-0.2, 0) is 6.54 Å². The summed E-state index contributed by atoms with van der Waals surface area (Å²) in [6.07, 6.45) is 0. The summed E-state index contributed by atoms with van der Waals surface area (Å²) >= 11 is 13.5. The number of aryl methyl sites for hydroxylation is 2. The predicted octanol–water partition coefficient (Wildman–Crippen LogP) is 4.51. The van der Waals surface area contributed by atoms with Gasteiger partial charge in [-0.25, -0.2) is 0 Å². The van der Waals surface area contributed by atoms with Crippen molar-refractivity contribution in [1.82, 2.24) is 10.5 Å². The normalized spacial score (nSPS) is 12.9. The summed E-state index contributed by atoms with van der Waals surface area (Å²) in [5.74, 6) is 0.849. The second-order valence-electron chi connectivity index (χ2n) is 4.18. The number of nitrogens with one attached hydrogen (secondary N) is 1. The van der Waals surface area contributed by atoms with Crippen LogP contribution in [0.4, 0.5) is 0 Å².